The number of nitrogens with zero attached hydrogens (tertiary/aromatic N) is 2. The van der Waals surface area contributed by atoms with E-state index in [4.69, 9.17) is 4.74 Å². The summed E-state index contributed by atoms with van der Waals surface area (Å²) in [6.45, 7) is 0.572. The quantitative estimate of drug-likeness (QED) is 0.514. The van der Waals surface area contributed by atoms with Crippen molar-refractivity contribution < 1.29 is 23.9 Å². The Hall–Kier alpha value is -2.70. The van der Waals surface area contributed by atoms with E-state index >= 15 is 0 Å². The molecule has 0 radical (unpaired) electrons. The van der Waals surface area contributed by atoms with Gasteiger partial charge >= 0.3 is 5.97 Å². The molecule has 0 spiro atoms. The Labute approximate surface area is 182 Å². The van der Waals surface area contributed by atoms with Gasteiger partial charge in [0.05, 0.1) is 11.8 Å². The highest BCUT2D eigenvalue weighted by atomic mass is 16.5. The van der Waals surface area contributed by atoms with Crippen LogP contribution in [-0.4, -0.2) is 59.7 Å². The zero-order valence-corrected chi connectivity index (χ0v) is 17.8. The second-order valence-electron chi connectivity index (χ2n) is 8.93. The standard InChI is InChI=1S/C24H30N2O5/c27-21(25-12-10-18(11-13-25)14-17-6-2-1-3-7-17)16-31-22(28)15-26-23(29)19-8-4-5-9-20(19)24(26)30/h1-3,6-7,18-20H,4-5,8-16H2/t19-,20+. The molecule has 7 nitrogen and oxygen atoms in total. The van der Waals surface area contributed by atoms with Gasteiger partial charge in [0, 0.05) is 13.1 Å². The lowest BCUT2D eigenvalue weighted by atomic mass is 9.81. The van der Waals surface area contributed by atoms with Gasteiger partial charge < -0.3 is 9.64 Å². The van der Waals surface area contributed by atoms with Crippen LogP contribution in [0.2, 0.25) is 0 Å². The van der Waals surface area contributed by atoms with E-state index in [9.17, 15) is 19.2 Å². The van der Waals surface area contributed by atoms with E-state index in [0.717, 1.165) is 37.0 Å². The number of ether oxygens (including phenoxy) is 1. The topological polar surface area (TPSA) is 84.0 Å². The molecule has 2 aliphatic heterocycles. The first-order valence-electron chi connectivity index (χ1n) is 11.4. The fourth-order valence-electron chi connectivity index (χ4n) is 5.13. The van der Waals surface area contributed by atoms with Gasteiger partial charge in [0.2, 0.25) is 11.8 Å². The van der Waals surface area contributed by atoms with Gasteiger partial charge in [0.25, 0.3) is 5.91 Å². The number of hydrogen-bond acceptors (Lipinski definition) is 5. The maximum absolute atomic E-state index is 12.5. The van der Waals surface area contributed by atoms with Crippen molar-refractivity contribution in [3.63, 3.8) is 0 Å². The zero-order valence-electron chi connectivity index (χ0n) is 17.8. The van der Waals surface area contributed by atoms with Crippen LogP contribution in [0.3, 0.4) is 0 Å². The third-order valence-corrected chi connectivity index (χ3v) is 6.91. The van der Waals surface area contributed by atoms with Crippen LogP contribution in [0.25, 0.3) is 0 Å². The zero-order chi connectivity index (χ0) is 21.8. The molecular formula is C24H30N2O5. The second kappa shape index (κ2) is 9.62. The van der Waals surface area contributed by atoms with Crippen LogP contribution in [0, 0.1) is 17.8 Å². The highest BCUT2D eigenvalue weighted by Gasteiger charge is 2.48. The normalized spacial score (nSPS) is 24.3. The molecule has 31 heavy (non-hydrogen) atoms. The Balaban J connectivity index is 1.19. The van der Waals surface area contributed by atoms with Gasteiger partial charge in [-0.3, -0.25) is 24.1 Å². The van der Waals surface area contributed by atoms with Crippen LogP contribution in [0.15, 0.2) is 30.3 Å². The number of piperidine rings is 1. The van der Waals surface area contributed by atoms with Crippen molar-refractivity contribution in [2.45, 2.75) is 44.9 Å². The van der Waals surface area contributed by atoms with Crippen molar-refractivity contribution >= 4 is 23.7 Å². The van der Waals surface area contributed by atoms with E-state index in [1.807, 2.05) is 18.2 Å². The summed E-state index contributed by atoms with van der Waals surface area (Å²) < 4.78 is 5.12. The van der Waals surface area contributed by atoms with Gasteiger partial charge in [-0.2, -0.15) is 0 Å². The molecule has 2 saturated heterocycles. The Morgan fingerprint density at radius 1 is 0.903 bits per heavy atom. The van der Waals surface area contributed by atoms with E-state index in [2.05, 4.69) is 12.1 Å². The minimum absolute atomic E-state index is 0.223. The predicted octanol–water partition coefficient (Wildman–Crippen LogP) is 2.19. The number of carbonyl (C=O) groups is 4. The SMILES string of the molecule is O=C(CN1C(=O)[C@H]2CCCC[C@H]2C1=O)OCC(=O)N1CCC(Cc2ccccc2)CC1. The summed E-state index contributed by atoms with van der Waals surface area (Å²) in [5.74, 6) is -1.48. The van der Waals surface area contributed by atoms with Crippen LogP contribution >= 0.6 is 0 Å². The molecule has 0 unspecified atom stereocenters. The van der Waals surface area contributed by atoms with Crippen LogP contribution in [-0.2, 0) is 30.3 Å². The minimum Gasteiger partial charge on any atom is -0.454 e. The molecule has 2 heterocycles. The van der Waals surface area contributed by atoms with Gasteiger partial charge in [0.15, 0.2) is 6.61 Å². The summed E-state index contributed by atoms with van der Waals surface area (Å²) >= 11 is 0. The van der Waals surface area contributed by atoms with Gasteiger partial charge in [-0.1, -0.05) is 43.2 Å². The summed E-state index contributed by atoms with van der Waals surface area (Å²) in [7, 11) is 0. The average molecular weight is 427 g/mol. The van der Waals surface area contributed by atoms with E-state index in [-0.39, 0.29) is 36.2 Å². The van der Waals surface area contributed by atoms with Crippen LogP contribution in [0.5, 0.6) is 0 Å². The Morgan fingerprint density at radius 3 is 2.13 bits per heavy atom. The number of carbonyl (C=O) groups excluding carboxylic acids is 4. The molecular weight excluding hydrogens is 396 g/mol. The number of hydrogen-bond donors (Lipinski definition) is 0. The van der Waals surface area contributed by atoms with Crippen molar-refractivity contribution in [2.75, 3.05) is 26.2 Å². The van der Waals surface area contributed by atoms with Gasteiger partial charge in [-0.05, 0) is 43.6 Å². The maximum Gasteiger partial charge on any atom is 0.326 e. The molecule has 1 saturated carbocycles. The summed E-state index contributed by atoms with van der Waals surface area (Å²) in [4.78, 5) is 52.3. The average Bonchev–Trinajstić information content (AvgIpc) is 3.04. The monoisotopic (exact) mass is 426 g/mol. The molecule has 2 atom stereocenters. The molecule has 0 N–H and O–H groups in total. The van der Waals surface area contributed by atoms with E-state index in [0.29, 0.717) is 31.8 Å². The second-order valence-corrected chi connectivity index (χ2v) is 8.93. The number of rotatable bonds is 6. The largest absolute Gasteiger partial charge is 0.454 e. The van der Waals surface area contributed by atoms with Crippen LogP contribution < -0.4 is 0 Å². The number of fused-ring (bicyclic) bond motifs is 1. The maximum atomic E-state index is 12.5. The highest BCUT2D eigenvalue weighted by Crippen LogP contribution is 2.37. The number of amides is 3. The molecule has 3 amide bonds. The van der Waals surface area contributed by atoms with Crippen molar-refractivity contribution in [3.05, 3.63) is 35.9 Å². The minimum atomic E-state index is -0.701. The molecule has 3 fully saturated rings. The molecule has 3 aliphatic rings. The lowest BCUT2D eigenvalue weighted by Crippen LogP contribution is -2.42. The Bertz CT molecular complexity index is 808. The number of benzene rings is 1. The van der Waals surface area contributed by atoms with E-state index < -0.39 is 12.5 Å². The number of esters is 1. The van der Waals surface area contributed by atoms with Crippen molar-refractivity contribution in [1.29, 1.82) is 0 Å². The lowest BCUT2D eigenvalue weighted by Gasteiger charge is -2.32. The third-order valence-electron chi connectivity index (χ3n) is 6.91. The van der Waals surface area contributed by atoms with E-state index in [1.165, 1.54) is 5.56 Å². The van der Waals surface area contributed by atoms with Crippen LogP contribution in [0.4, 0.5) is 0 Å². The van der Waals surface area contributed by atoms with Crippen LogP contribution in [0.1, 0.15) is 44.1 Å². The third kappa shape index (κ3) is 4.97. The first-order valence-corrected chi connectivity index (χ1v) is 11.4. The summed E-state index contributed by atoms with van der Waals surface area (Å²) in [5, 5.41) is 0. The van der Waals surface area contributed by atoms with Crippen molar-refractivity contribution in [2.24, 2.45) is 17.8 Å². The first kappa shape index (κ1) is 21.5. The molecule has 7 heteroatoms. The molecule has 4 rings (SSSR count). The summed E-state index contributed by atoms with van der Waals surface area (Å²) in [6.07, 6.45) is 6.16. The lowest BCUT2D eigenvalue weighted by molar-refractivity contribution is -0.157. The first-order chi connectivity index (χ1) is 15.0. The fourth-order valence-corrected chi connectivity index (χ4v) is 5.13. The number of imide groups is 1. The summed E-state index contributed by atoms with van der Waals surface area (Å²) in [6, 6.07) is 10.3. The fraction of sp³-hybridized carbons (Fsp3) is 0.583. The molecule has 166 valence electrons. The predicted molar refractivity (Wildman–Crippen MR) is 113 cm³/mol. The van der Waals surface area contributed by atoms with Crippen molar-refractivity contribution in [1.82, 2.24) is 9.80 Å². The molecule has 1 aliphatic carbocycles. The van der Waals surface area contributed by atoms with Gasteiger partial charge in [-0.25, -0.2) is 0 Å². The molecule has 1 aromatic carbocycles. The molecule has 1 aromatic rings. The Kier molecular flexibility index (Phi) is 6.68. The van der Waals surface area contributed by atoms with E-state index in [1.54, 1.807) is 4.90 Å². The van der Waals surface area contributed by atoms with Gasteiger partial charge in [0.1, 0.15) is 6.54 Å². The Morgan fingerprint density at radius 2 is 1.52 bits per heavy atom. The number of likely N-dealkylation sites (tertiary alicyclic amines) is 2. The summed E-state index contributed by atoms with van der Waals surface area (Å²) in [5.41, 5.74) is 1.31. The smallest absolute Gasteiger partial charge is 0.326 e. The highest BCUT2D eigenvalue weighted by molar-refractivity contribution is 6.07. The van der Waals surface area contributed by atoms with Gasteiger partial charge in [-0.15, -0.1) is 0 Å². The molecule has 0 bridgehead atoms. The van der Waals surface area contributed by atoms with Crippen molar-refractivity contribution in [3.8, 4) is 0 Å². The molecule has 0 aromatic heterocycles.